The smallest absolute Gasteiger partial charge is 0.255 e. The lowest BCUT2D eigenvalue weighted by molar-refractivity contribution is 0.0948. The summed E-state index contributed by atoms with van der Waals surface area (Å²) in [5.41, 5.74) is 2.98. The molecule has 0 radical (unpaired) electrons. The van der Waals surface area contributed by atoms with E-state index in [1.165, 1.54) is 25.2 Å². The fraction of sp³-hybridized carbons (Fsp3) is 0.136. The summed E-state index contributed by atoms with van der Waals surface area (Å²) in [5, 5.41) is 12.8. The average molecular weight is 410 g/mol. The van der Waals surface area contributed by atoms with Gasteiger partial charge in [-0.1, -0.05) is 48.5 Å². The van der Waals surface area contributed by atoms with Crippen LogP contribution >= 0.6 is 0 Å². The number of aromatic hydroxyl groups is 1. The first-order valence-electron chi connectivity index (χ1n) is 9.05. The highest BCUT2D eigenvalue weighted by Gasteiger charge is 2.13. The van der Waals surface area contributed by atoms with Gasteiger partial charge in [0.05, 0.1) is 10.5 Å². The van der Waals surface area contributed by atoms with Gasteiger partial charge >= 0.3 is 0 Å². The lowest BCUT2D eigenvalue weighted by Crippen LogP contribution is -2.23. The highest BCUT2D eigenvalue weighted by atomic mass is 32.2. The molecule has 0 saturated carbocycles. The Labute approximate surface area is 170 Å². The van der Waals surface area contributed by atoms with Gasteiger partial charge in [-0.15, -0.1) is 0 Å². The zero-order chi connectivity index (χ0) is 20.9. The number of amides is 1. The molecule has 0 unspecified atom stereocenters. The van der Waals surface area contributed by atoms with Crippen molar-refractivity contribution in [1.29, 1.82) is 0 Å². The fourth-order valence-corrected chi connectivity index (χ4v) is 3.62. The Morgan fingerprint density at radius 2 is 1.55 bits per heavy atom. The van der Waals surface area contributed by atoms with Crippen LogP contribution in [0.1, 0.15) is 27.0 Å². The number of sulfonamides is 1. The van der Waals surface area contributed by atoms with Crippen LogP contribution < -0.4 is 10.0 Å². The van der Waals surface area contributed by atoms with E-state index in [4.69, 9.17) is 0 Å². The largest absolute Gasteiger partial charge is 0.507 e. The predicted octanol–water partition coefficient (Wildman–Crippen LogP) is 2.82. The number of phenols is 1. The van der Waals surface area contributed by atoms with E-state index in [1.807, 2.05) is 30.3 Å². The monoisotopic (exact) mass is 410 g/mol. The number of hydrogen-bond acceptors (Lipinski definition) is 4. The van der Waals surface area contributed by atoms with Crippen molar-refractivity contribution in [3.63, 3.8) is 0 Å². The molecule has 0 aromatic heterocycles. The number of carbonyl (C=O) groups excluding carboxylic acids is 1. The SMILES string of the molecule is CNS(=O)(=O)c1ccc(CNC(=O)c2cc(Cc3ccccc3)ccc2O)cc1. The van der Waals surface area contributed by atoms with Crippen molar-refractivity contribution in [2.75, 3.05) is 7.05 Å². The first-order chi connectivity index (χ1) is 13.9. The molecule has 3 rings (SSSR count). The van der Waals surface area contributed by atoms with Crippen LogP contribution in [0.4, 0.5) is 0 Å². The van der Waals surface area contributed by atoms with Crippen LogP contribution in [0, 0.1) is 0 Å². The predicted molar refractivity (Wildman–Crippen MR) is 111 cm³/mol. The lowest BCUT2D eigenvalue weighted by Gasteiger charge is -2.10. The van der Waals surface area contributed by atoms with Crippen molar-refractivity contribution in [2.24, 2.45) is 0 Å². The molecule has 3 N–H and O–H groups in total. The van der Waals surface area contributed by atoms with Crippen LogP contribution in [-0.2, 0) is 23.0 Å². The van der Waals surface area contributed by atoms with E-state index in [0.29, 0.717) is 6.42 Å². The zero-order valence-electron chi connectivity index (χ0n) is 15.9. The summed E-state index contributed by atoms with van der Waals surface area (Å²) in [6.45, 7) is 0.209. The molecule has 0 aliphatic carbocycles. The average Bonchev–Trinajstić information content (AvgIpc) is 2.74. The third-order valence-electron chi connectivity index (χ3n) is 4.51. The van der Waals surface area contributed by atoms with Gasteiger partial charge in [-0.3, -0.25) is 4.79 Å². The molecule has 0 aliphatic heterocycles. The Hall–Kier alpha value is -3.16. The maximum atomic E-state index is 12.5. The fourth-order valence-electron chi connectivity index (χ4n) is 2.89. The van der Waals surface area contributed by atoms with Crippen molar-refractivity contribution in [3.05, 3.63) is 95.1 Å². The van der Waals surface area contributed by atoms with Crippen LogP contribution in [0.25, 0.3) is 0 Å². The van der Waals surface area contributed by atoms with Gasteiger partial charge in [-0.25, -0.2) is 13.1 Å². The molecule has 0 bridgehead atoms. The normalized spacial score (nSPS) is 11.2. The van der Waals surface area contributed by atoms with Crippen molar-refractivity contribution in [3.8, 4) is 5.75 Å². The van der Waals surface area contributed by atoms with E-state index in [9.17, 15) is 18.3 Å². The minimum atomic E-state index is -3.50. The molecule has 0 heterocycles. The van der Waals surface area contributed by atoms with E-state index >= 15 is 0 Å². The van der Waals surface area contributed by atoms with Gasteiger partial charge in [0, 0.05) is 6.54 Å². The molecule has 6 nitrogen and oxygen atoms in total. The maximum Gasteiger partial charge on any atom is 0.255 e. The highest BCUT2D eigenvalue weighted by molar-refractivity contribution is 7.89. The van der Waals surface area contributed by atoms with Crippen LogP contribution in [0.3, 0.4) is 0 Å². The Morgan fingerprint density at radius 3 is 2.21 bits per heavy atom. The van der Waals surface area contributed by atoms with E-state index in [-0.39, 0.29) is 22.8 Å². The second-order valence-electron chi connectivity index (χ2n) is 6.55. The number of phenolic OH excluding ortho intramolecular Hbond substituents is 1. The van der Waals surface area contributed by atoms with Gasteiger partial charge in [0.2, 0.25) is 10.0 Å². The van der Waals surface area contributed by atoms with E-state index < -0.39 is 15.9 Å². The topological polar surface area (TPSA) is 95.5 Å². The molecule has 150 valence electrons. The number of rotatable bonds is 7. The van der Waals surface area contributed by atoms with Gasteiger partial charge < -0.3 is 10.4 Å². The summed E-state index contributed by atoms with van der Waals surface area (Å²) >= 11 is 0. The highest BCUT2D eigenvalue weighted by Crippen LogP contribution is 2.21. The lowest BCUT2D eigenvalue weighted by atomic mass is 10.0. The summed E-state index contributed by atoms with van der Waals surface area (Å²) < 4.78 is 25.8. The van der Waals surface area contributed by atoms with E-state index in [2.05, 4.69) is 10.0 Å². The van der Waals surface area contributed by atoms with Crippen LogP contribution in [0.15, 0.2) is 77.7 Å². The van der Waals surface area contributed by atoms with Crippen LogP contribution in [-0.4, -0.2) is 26.5 Å². The summed E-state index contributed by atoms with van der Waals surface area (Å²) in [6, 6.07) is 21.1. The quantitative estimate of drug-likeness (QED) is 0.558. The Kier molecular flexibility index (Phi) is 6.31. The molecule has 3 aromatic carbocycles. The summed E-state index contributed by atoms with van der Waals surface area (Å²) in [7, 11) is -2.15. The molecule has 0 atom stereocenters. The molecule has 0 fully saturated rings. The Bertz CT molecular complexity index is 1100. The number of hydrogen-bond donors (Lipinski definition) is 3. The first kappa shape index (κ1) is 20.6. The van der Waals surface area contributed by atoms with E-state index in [0.717, 1.165) is 16.7 Å². The summed E-state index contributed by atoms with van der Waals surface area (Å²) in [6.07, 6.45) is 0.656. The standard InChI is InChI=1S/C22H22N2O4S/c1-23-29(27,28)19-10-7-17(8-11-19)15-24-22(26)20-14-18(9-12-21(20)25)13-16-5-3-2-4-6-16/h2-12,14,23,25H,13,15H2,1H3,(H,24,26). The van der Waals surface area contributed by atoms with Crippen molar-refractivity contribution < 1.29 is 18.3 Å². The second kappa shape index (κ2) is 8.89. The van der Waals surface area contributed by atoms with E-state index in [1.54, 1.807) is 24.3 Å². The molecular weight excluding hydrogens is 388 g/mol. The third-order valence-corrected chi connectivity index (χ3v) is 5.94. The minimum Gasteiger partial charge on any atom is -0.507 e. The summed E-state index contributed by atoms with van der Waals surface area (Å²) in [5.74, 6) is -0.487. The molecular formula is C22H22N2O4S. The maximum absolute atomic E-state index is 12.5. The minimum absolute atomic E-state index is 0.0882. The van der Waals surface area contributed by atoms with Crippen molar-refractivity contribution >= 4 is 15.9 Å². The van der Waals surface area contributed by atoms with Crippen LogP contribution in [0.2, 0.25) is 0 Å². The molecule has 3 aromatic rings. The molecule has 0 spiro atoms. The summed E-state index contributed by atoms with van der Waals surface area (Å²) in [4.78, 5) is 12.7. The third kappa shape index (κ3) is 5.22. The molecule has 29 heavy (non-hydrogen) atoms. The molecule has 7 heteroatoms. The molecule has 0 saturated heterocycles. The van der Waals surface area contributed by atoms with Crippen LogP contribution in [0.5, 0.6) is 5.75 Å². The van der Waals surface area contributed by atoms with Gasteiger partial charge in [0.25, 0.3) is 5.91 Å². The van der Waals surface area contributed by atoms with Crippen molar-refractivity contribution in [1.82, 2.24) is 10.0 Å². The van der Waals surface area contributed by atoms with Gasteiger partial charge in [0.1, 0.15) is 5.75 Å². The molecule has 1 amide bonds. The number of benzene rings is 3. The Balaban J connectivity index is 1.68. The Morgan fingerprint density at radius 1 is 0.897 bits per heavy atom. The second-order valence-corrected chi connectivity index (χ2v) is 8.43. The number of nitrogens with one attached hydrogen (secondary N) is 2. The zero-order valence-corrected chi connectivity index (χ0v) is 16.7. The van der Waals surface area contributed by atoms with Crippen molar-refractivity contribution in [2.45, 2.75) is 17.9 Å². The van der Waals surface area contributed by atoms with Gasteiger partial charge in [0.15, 0.2) is 0 Å². The molecule has 0 aliphatic rings. The van der Waals surface area contributed by atoms with Gasteiger partial charge in [-0.05, 0) is 54.4 Å². The first-order valence-corrected chi connectivity index (χ1v) is 10.5. The van der Waals surface area contributed by atoms with Gasteiger partial charge in [-0.2, -0.15) is 0 Å². The number of carbonyl (C=O) groups is 1.